The highest BCUT2D eigenvalue weighted by Crippen LogP contribution is 2.34. The molecular formula is C15H13N3OS2. The van der Waals surface area contributed by atoms with Gasteiger partial charge in [0.2, 0.25) is 0 Å². The lowest BCUT2D eigenvalue weighted by Crippen LogP contribution is -2.21. The van der Waals surface area contributed by atoms with Crippen LogP contribution in [0.5, 0.6) is 0 Å². The first-order chi connectivity index (χ1) is 10.2. The van der Waals surface area contributed by atoms with E-state index in [1.54, 1.807) is 22.1 Å². The number of aromatic nitrogens is 3. The third-order valence-corrected chi connectivity index (χ3v) is 5.47. The maximum atomic E-state index is 13.0. The second-order valence-electron chi connectivity index (χ2n) is 5.24. The lowest BCUT2D eigenvalue weighted by Gasteiger charge is -2.09. The maximum Gasteiger partial charge on any atom is 0.267 e. The van der Waals surface area contributed by atoms with Gasteiger partial charge in [0.15, 0.2) is 4.77 Å². The quantitative estimate of drug-likeness (QED) is 0.701. The molecule has 0 radical (unpaired) electrons. The standard InChI is InChI=1S/C15H13N3OS2/c1-8-10(5-3-7-16-8)18-14(19)12-9-4-2-6-11(9)21-13(12)17-15(18)20/h3,5,7H,2,4,6H2,1H3,(H,17,20). The van der Waals surface area contributed by atoms with E-state index >= 15 is 0 Å². The molecule has 0 aromatic carbocycles. The third-order valence-electron chi connectivity index (χ3n) is 3.98. The van der Waals surface area contributed by atoms with Crippen molar-refractivity contribution >= 4 is 33.8 Å². The fourth-order valence-corrected chi connectivity index (χ4v) is 4.63. The van der Waals surface area contributed by atoms with Gasteiger partial charge in [-0.3, -0.25) is 14.3 Å². The van der Waals surface area contributed by atoms with E-state index < -0.39 is 0 Å². The van der Waals surface area contributed by atoms with Gasteiger partial charge in [0.25, 0.3) is 5.56 Å². The van der Waals surface area contributed by atoms with Crippen LogP contribution in [-0.2, 0) is 12.8 Å². The van der Waals surface area contributed by atoms with Gasteiger partial charge in [-0.1, -0.05) is 0 Å². The lowest BCUT2D eigenvalue weighted by atomic mass is 10.2. The van der Waals surface area contributed by atoms with Crippen molar-refractivity contribution in [2.45, 2.75) is 26.2 Å². The maximum absolute atomic E-state index is 13.0. The minimum Gasteiger partial charge on any atom is -0.323 e. The van der Waals surface area contributed by atoms with E-state index in [0.717, 1.165) is 40.9 Å². The van der Waals surface area contributed by atoms with E-state index in [-0.39, 0.29) is 5.56 Å². The Kier molecular flexibility index (Phi) is 2.83. The summed E-state index contributed by atoms with van der Waals surface area (Å²) in [5.41, 5.74) is 2.74. The number of pyridine rings is 1. The molecule has 0 atom stereocenters. The Balaban J connectivity index is 2.14. The summed E-state index contributed by atoms with van der Waals surface area (Å²) in [5, 5.41) is 0.810. The van der Waals surface area contributed by atoms with Crippen LogP contribution in [0.25, 0.3) is 15.9 Å². The van der Waals surface area contributed by atoms with Crippen LogP contribution in [0, 0.1) is 11.7 Å². The van der Waals surface area contributed by atoms with Gasteiger partial charge in [0.1, 0.15) is 4.83 Å². The monoisotopic (exact) mass is 315 g/mol. The van der Waals surface area contributed by atoms with Gasteiger partial charge in [0, 0.05) is 11.1 Å². The molecule has 3 aromatic rings. The number of hydrogen-bond acceptors (Lipinski definition) is 4. The first kappa shape index (κ1) is 12.9. The predicted octanol–water partition coefficient (Wildman–Crippen LogP) is 3.30. The molecule has 0 spiro atoms. The van der Waals surface area contributed by atoms with Gasteiger partial charge in [-0.2, -0.15) is 0 Å². The van der Waals surface area contributed by atoms with E-state index in [0.29, 0.717) is 4.77 Å². The average molecular weight is 315 g/mol. The molecule has 0 amide bonds. The zero-order valence-corrected chi connectivity index (χ0v) is 13.1. The summed E-state index contributed by atoms with van der Waals surface area (Å²) < 4.78 is 2.01. The smallest absolute Gasteiger partial charge is 0.267 e. The van der Waals surface area contributed by atoms with Gasteiger partial charge in [0.05, 0.1) is 16.8 Å². The highest BCUT2D eigenvalue weighted by molar-refractivity contribution is 7.71. The summed E-state index contributed by atoms with van der Waals surface area (Å²) in [6, 6.07) is 3.71. The highest BCUT2D eigenvalue weighted by Gasteiger charge is 2.22. The molecule has 0 fully saturated rings. The number of hydrogen-bond donors (Lipinski definition) is 1. The Morgan fingerprint density at radius 2 is 2.29 bits per heavy atom. The highest BCUT2D eigenvalue weighted by atomic mass is 32.1. The van der Waals surface area contributed by atoms with Crippen molar-refractivity contribution < 1.29 is 0 Å². The number of aromatic amines is 1. The fourth-order valence-electron chi connectivity index (χ4n) is 3.01. The van der Waals surface area contributed by atoms with Gasteiger partial charge >= 0.3 is 0 Å². The first-order valence-corrected chi connectivity index (χ1v) is 8.11. The Bertz CT molecular complexity index is 981. The van der Waals surface area contributed by atoms with Crippen molar-refractivity contribution in [1.82, 2.24) is 14.5 Å². The van der Waals surface area contributed by atoms with Crippen LogP contribution in [0.2, 0.25) is 0 Å². The van der Waals surface area contributed by atoms with E-state index in [1.165, 1.54) is 10.4 Å². The van der Waals surface area contributed by atoms with Crippen LogP contribution in [-0.4, -0.2) is 14.5 Å². The number of rotatable bonds is 1. The second kappa shape index (κ2) is 4.61. The van der Waals surface area contributed by atoms with Gasteiger partial charge in [-0.05, 0) is 56.1 Å². The van der Waals surface area contributed by atoms with E-state index in [4.69, 9.17) is 12.2 Å². The molecular weight excluding hydrogens is 302 g/mol. The number of nitrogens with one attached hydrogen (secondary N) is 1. The third kappa shape index (κ3) is 1.82. The van der Waals surface area contributed by atoms with Crippen molar-refractivity contribution in [2.24, 2.45) is 0 Å². The molecule has 0 aliphatic heterocycles. The molecule has 3 aromatic heterocycles. The molecule has 21 heavy (non-hydrogen) atoms. The summed E-state index contributed by atoms with van der Waals surface area (Å²) in [4.78, 5) is 22.7. The largest absolute Gasteiger partial charge is 0.323 e. The Morgan fingerprint density at radius 3 is 3.10 bits per heavy atom. The molecule has 3 heterocycles. The van der Waals surface area contributed by atoms with Crippen LogP contribution in [0.4, 0.5) is 0 Å². The van der Waals surface area contributed by atoms with Crippen molar-refractivity contribution in [3.8, 4) is 5.69 Å². The van der Waals surface area contributed by atoms with Crippen molar-refractivity contribution in [3.05, 3.63) is 49.6 Å². The second-order valence-corrected chi connectivity index (χ2v) is 6.73. The summed E-state index contributed by atoms with van der Waals surface area (Å²) in [7, 11) is 0. The Labute approximate surface area is 130 Å². The van der Waals surface area contributed by atoms with Crippen LogP contribution in [0.15, 0.2) is 23.1 Å². The van der Waals surface area contributed by atoms with E-state index in [9.17, 15) is 4.79 Å². The normalized spacial score (nSPS) is 13.8. The number of H-pyrrole nitrogens is 1. The molecule has 1 aliphatic carbocycles. The molecule has 0 saturated heterocycles. The van der Waals surface area contributed by atoms with Crippen LogP contribution in [0.1, 0.15) is 22.6 Å². The number of aryl methyl sites for hydroxylation is 3. The van der Waals surface area contributed by atoms with Crippen molar-refractivity contribution in [3.63, 3.8) is 0 Å². The zero-order chi connectivity index (χ0) is 14.6. The predicted molar refractivity (Wildman–Crippen MR) is 87.2 cm³/mol. The average Bonchev–Trinajstić information content (AvgIpc) is 3.00. The van der Waals surface area contributed by atoms with Gasteiger partial charge in [-0.25, -0.2) is 0 Å². The SMILES string of the molecule is Cc1ncccc1-n1c(=S)[nH]c2sc3c(c2c1=O)CCC3. The van der Waals surface area contributed by atoms with Crippen LogP contribution >= 0.6 is 23.6 Å². The minimum atomic E-state index is -0.0238. The van der Waals surface area contributed by atoms with E-state index in [1.807, 2.05) is 19.1 Å². The topological polar surface area (TPSA) is 50.7 Å². The van der Waals surface area contributed by atoms with Gasteiger partial charge < -0.3 is 4.98 Å². The summed E-state index contributed by atoms with van der Waals surface area (Å²) in [6.07, 6.45) is 4.91. The summed E-state index contributed by atoms with van der Waals surface area (Å²) in [5.74, 6) is 0. The van der Waals surface area contributed by atoms with Gasteiger partial charge in [-0.15, -0.1) is 11.3 Å². The fraction of sp³-hybridized carbons (Fsp3) is 0.267. The van der Waals surface area contributed by atoms with Crippen molar-refractivity contribution in [1.29, 1.82) is 0 Å². The molecule has 4 nitrogen and oxygen atoms in total. The Morgan fingerprint density at radius 1 is 1.43 bits per heavy atom. The van der Waals surface area contributed by atoms with Crippen molar-refractivity contribution in [2.75, 3.05) is 0 Å². The Hall–Kier alpha value is -1.79. The van der Waals surface area contributed by atoms with Crippen LogP contribution in [0.3, 0.4) is 0 Å². The molecule has 0 bridgehead atoms. The molecule has 4 rings (SSSR count). The minimum absolute atomic E-state index is 0.0238. The number of fused-ring (bicyclic) bond motifs is 3. The first-order valence-electron chi connectivity index (χ1n) is 6.88. The molecule has 1 aliphatic rings. The molecule has 6 heteroatoms. The zero-order valence-electron chi connectivity index (χ0n) is 11.5. The summed E-state index contributed by atoms with van der Waals surface area (Å²) in [6.45, 7) is 1.89. The lowest BCUT2D eigenvalue weighted by molar-refractivity contribution is 0.903. The van der Waals surface area contributed by atoms with Crippen LogP contribution < -0.4 is 5.56 Å². The number of nitrogens with zero attached hydrogens (tertiary/aromatic N) is 2. The molecule has 0 saturated carbocycles. The number of thiophene rings is 1. The van der Waals surface area contributed by atoms with E-state index in [2.05, 4.69) is 9.97 Å². The summed E-state index contributed by atoms with van der Waals surface area (Å²) >= 11 is 7.07. The molecule has 0 unspecified atom stereocenters. The molecule has 106 valence electrons. The molecule has 1 N–H and O–H groups in total.